The van der Waals surface area contributed by atoms with E-state index in [4.69, 9.17) is 16.1 Å². The van der Waals surface area contributed by atoms with Gasteiger partial charge in [0.1, 0.15) is 17.0 Å². The monoisotopic (exact) mass is 452 g/mol. The number of anilines is 1. The second-order valence-electron chi connectivity index (χ2n) is 6.14. The van der Waals surface area contributed by atoms with Gasteiger partial charge in [0.2, 0.25) is 0 Å². The Labute approximate surface area is 169 Å². The highest BCUT2D eigenvalue weighted by Gasteiger charge is 2.42. The van der Waals surface area contributed by atoms with Crippen molar-refractivity contribution >= 4 is 23.2 Å². The molecule has 0 radical (unpaired) electrons. The number of aromatic nitrogens is 3. The highest BCUT2D eigenvalue weighted by molar-refractivity contribution is 6.32. The molecule has 3 rings (SSSR count). The van der Waals surface area contributed by atoms with Crippen LogP contribution < -0.4 is 5.32 Å². The fraction of sp³-hybridized carbons (Fsp3) is 0.235. The zero-order chi connectivity index (χ0) is 22.4. The summed E-state index contributed by atoms with van der Waals surface area (Å²) in [4.78, 5) is 12.3. The molecule has 30 heavy (non-hydrogen) atoms. The third-order valence-electron chi connectivity index (χ3n) is 3.98. The molecule has 0 unspecified atom stereocenters. The van der Waals surface area contributed by atoms with Gasteiger partial charge in [-0.25, -0.2) is 4.68 Å². The van der Waals surface area contributed by atoms with Crippen LogP contribution in [-0.2, 0) is 12.4 Å². The maximum atomic E-state index is 13.2. The number of carbonyl (C=O) groups is 1. The number of hydrogen-bond donors (Lipinski definition) is 1. The summed E-state index contributed by atoms with van der Waals surface area (Å²) in [6.07, 6.45) is -10.2. The Morgan fingerprint density at radius 2 is 1.77 bits per heavy atom. The molecule has 2 heterocycles. The molecule has 1 amide bonds. The van der Waals surface area contributed by atoms with E-state index in [-0.39, 0.29) is 32.8 Å². The van der Waals surface area contributed by atoms with E-state index in [1.165, 1.54) is 19.9 Å². The maximum Gasteiger partial charge on any atom is 0.435 e. The highest BCUT2D eigenvalue weighted by atomic mass is 35.5. The molecular weight excluding hydrogens is 442 g/mol. The van der Waals surface area contributed by atoms with Gasteiger partial charge in [-0.1, -0.05) is 16.8 Å². The predicted molar refractivity (Wildman–Crippen MR) is 92.5 cm³/mol. The van der Waals surface area contributed by atoms with E-state index in [1.807, 2.05) is 0 Å². The van der Waals surface area contributed by atoms with Crippen molar-refractivity contribution in [1.82, 2.24) is 14.9 Å². The number of carbonyl (C=O) groups excluding carboxylic acids is 1. The summed E-state index contributed by atoms with van der Waals surface area (Å²) in [5.74, 6) is -0.358. The Balaban J connectivity index is 1.98. The third kappa shape index (κ3) is 4.13. The fourth-order valence-corrected chi connectivity index (χ4v) is 2.92. The molecule has 0 spiro atoms. The van der Waals surface area contributed by atoms with Gasteiger partial charge in [0, 0.05) is 11.8 Å². The predicted octanol–water partition coefficient (Wildman–Crippen LogP) is 5.42. The van der Waals surface area contributed by atoms with E-state index < -0.39 is 35.3 Å². The van der Waals surface area contributed by atoms with Crippen molar-refractivity contribution in [2.45, 2.75) is 26.2 Å². The molecule has 160 valence electrons. The molecule has 0 aliphatic heterocycles. The van der Waals surface area contributed by atoms with Gasteiger partial charge in [0.05, 0.1) is 16.4 Å². The number of nitrogens with zero attached hydrogens (tertiary/aromatic N) is 3. The van der Waals surface area contributed by atoms with E-state index in [1.54, 1.807) is 0 Å². The lowest BCUT2D eigenvalue weighted by Gasteiger charge is -2.13. The number of hydrogen-bond acceptors (Lipinski definition) is 4. The van der Waals surface area contributed by atoms with Crippen LogP contribution in [0.5, 0.6) is 0 Å². The molecule has 13 heteroatoms. The van der Waals surface area contributed by atoms with Crippen molar-refractivity contribution in [3.05, 3.63) is 57.7 Å². The number of amides is 1. The summed E-state index contributed by atoms with van der Waals surface area (Å²) in [6, 6.07) is 3.16. The molecule has 6 nitrogen and oxygen atoms in total. The SMILES string of the molecule is Cc1noc(C)c1C(=O)Nc1ccc(-n2nc(C(F)(F)F)cc2C(F)(F)F)c(Cl)c1. The first-order valence-corrected chi connectivity index (χ1v) is 8.45. The first-order chi connectivity index (χ1) is 13.8. The largest absolute Gasteiger partial charge is 0.435 e. The van der Waals surface area contributed by atoms with E-state index in [2.05, 4.69) is 15.6 Å². The minimum Gasteiger partial charge on any atom is -0.361 e. The number of halogens is 7. The van der Waals surface area contributed by atoms with E-state index in [9.17, 15) is 31.1 Å². The van der Waals surface area contributed by atoms with Crippen LogP contribution in [0.2, 0.25) is 5.02 Å². The minimum atomic E-state index is -5.12. The van der Waals surface area contributed by atoms with Crippen molar-refractivity contribution < 1.29 is 35.7 Å². The van der Waals surface area contributed by atoms with Gasteiger partial charge in [0.15, 0.2) is 5.69 Å². The smallest absolute Gasteiger partial charge is 0.361 e. The molecule has 0 saturated heterocycles. The molecule has 3 aromatic rings. The summed E-state index contributed by atoms with van der Waals surface area (Å²) in [5, 5.41) is 8.74. The molecule has 0 bridgehead atoms. The second-order valence-corrected chi connectivity index (χ2v) is 6.55. The lowest BCUT2D eigenvalue weighted by atomic mass is 10.2. The molecule has 1 aromatic carbocycles. The maximum absolute atomic E-state index is 13.2. The quantitative estimate of drug-likeness (QED) is 0.539. The van der Waals surface area contributed by atoms with Crippen molar-refractivity contribution in [2.24, 2.45) is 0 Å². The average molecular weight is 453 g/mol. The number of aryl methyl sites for hydroxylation is 2. The molecule has 0 fully saturated rings. The summed E-state index contributed by atoms with van der Waals surface area (Å²) < 4.78 is 83.1. The van der Waals surface area contributed by atoms with Crippen LogP contribution >= 0.6 is 11.6 Å². The number of benzene rings is 1. The minimum absolute atomic E-state index is 0.0606. The summed E-state index contributed by atoms with van der Waals surface area (Å²) in [7, 11) is 0. The Morgan fingerprint density at radius 3 is 2.27 bits per heavy atom. The molecule has 2 aromatic heterocycles. The molecule has 0 aliphatic carbocycles. The van der Waals surface area contributed by atoms with Gasteiger partial charge >= 0.3 is 12.4 Å². The van der Waals surface area contributed by atoms with E-state index >= 15 is 0 Å². The molecule has 0 atom stereocenters. The van der Waals surface area contributed by atoms with Crippen LogP contribution in [0, 0.1) is 13.8 Å². The van der Waals surface area contributed by atoms with Gasteiger partial charge in [0.25, 0.3) is 5.91 Å². The molecule has 0 saturated carbocycles. The zero-order valence-corrected chi connectivity index (χ0v) is 15.9. The van der Waals surface area contributed by atoms with Gasteiger partial charge in [-0.05, 0) is 32.0 Å². The number of alkyl halides is 6. The molecule has 1 N–H and O–H groups in total. The summed E-state index contributed by atoms with van der Waals surface area (Å²) >= 11 is 5.99. The van der Waals surface area contributed by atoms with Gasteiger partial charge in [-0.3, -0.25) is 4.79 Å². The Hall–Kier alpha value is -3.02. The van der Waals surface area contributed by atoms with Crippen molar-refractivity contribution in [3.8, 4) is 5.69 Å². The van der Waals surface area contributed by atoms with Crippen LogP contribution in [0.25, 0.3) is 5.69 Å². The third-order valence-corrected chi connectivity index (χ3v) is 4.29. The first kappa shape index (κ1) is 21.7. The summed E-state index contributed by atoms with van der Waals surface area (Å²) in [5.41, 5.74) is -3.25. The fourth-order valence-electron chi connectivity index (χ4n) is 2.66. The summed E-state index contributed by atoms with van der Waals surface area (Å²) in [6.45, 7) is 3.05. The molecule has 0 aliphatic rings. The Kier molecular flexibility index (Phi) is 5.31. The van der Waals surface area contributed by atoms with Crippen LogP contribution in [0.1, 0.15) is 33.2 Å². The normalized spacial score (nSPS) is 12.3. The van der Waals surface area contributed by atoms with Crippen LogP contribution in [-0.4, -0.2) is 20.8 Å². The second kappa shape index (κ2) is 7.35. The number of rotatable bonds is 3. The Morgan fingerprint density at radius 1 is 1.10 bits per heavy atom. The van der Waals surface area contributed by atoms with Crippen LogP contribution in [0.4, 0.5) is 32.0 Å². The van der Waals surface area contributed by atoms with Gasteiger partial charge in [-0.15, -0.1) is 0 Å². The van der Waals surface area contributed by atoms with Gasteiger partial charge < -0.3 is 9.84 Å². The lowest BCUT2D eigenvalue weighted by molar-refractivity contribution is -0.143. The van der Waals surface area contributed by atoms with Crippen molar-refractivity contribution in [2.75, 3.05) is 5.32 Å². The standard InChI is InChI=1S/C17H11ClF6N4O2/c1-7-14(8(2)30-27-7)15(29)25-9-3-4-11(10(18)5-9)28-13(17(22,23)24)6-12(26-28)16(19,20)21/h3-6H,1-2H3,(H,25,29). The first-order valence-electron chi connectivity index (χ1n) is 8.07. The van der Waals surface area contributed by atoms with Gasteiger partial charge in [-0.2, -0.15) is 31.4 Å². The van der Waals surface area contributed by atoms with Crippen LogP contribution in [0.3, 0.4) is 0 Å². The van der Waals surface area contributed by atoms with E-state index in [0.29, 0.717) is 5.69 Å². The zero-order valence-electron chi connectivity index (χ0n) is 15.1. The Bertz CT molecular complexity index is 1100. The number of nitrogens with one attached hydrogen (secondary N) is 1. The van der Waals surface area contributed by atoms with Crippen molar-refractivity contribution in [3.63, 3.8) is 0 Å². The van der Waals surface area contributed by atoms with Crippen molar-refractivity contribution in [1.29, 1.82) is 0 Å². The molecular formula is C17H11ClF6N4O2. The average Bonchev–Trinajstić information content (AvgIpc) is 3.18. The van der Waals surface area contributed by atoms with Crippen LogP contribution in [0.15, 0.2) is 28.8 Å². The lowest BCUT2D eigenvalue weighted by Crippen LogP contribution is -2.15. The van der Waals surface area contributed by atoms with E-state index in [0.717, 1.165) is 12.1 Å². The topological polar surface area (TPSA) is 73.0 Å². The highest BCUT2D eigenvalue weighted by Crippen LogP contribution is 2.38.